The highest BCUT2D eigenvalue weighted by Crippen LogP contribution is 2.18. The van der Waals surface area contributed by atoms with Crippen LogP contribution in [0.3, 0.4) is 0 Å². The van der Waals surface area contributed by atoms with E-state index in [1.807, 2.05) is 0 Å². The number of aromatic nitrogens is 2. The molecule has 0 saturated carbocycles. The van der Waals surface area contributed by atoms with Gasteiger partial charge >= 0.3 is 0 Å². The molecule has 1 aromatic rings. The lowest BCUT2D eigenvalue weighted by Crippen LogP contribution is -2.32. The van der Waals surface area contributed by atoms with E-state index >= 15 is 0 Å². The molecule has 1 aliphatic heterocycles. The van der Waals surface area contributed by atoms with E-state index in [0.717, 1.165) is 30.8 Å². The van der Waals surface area contributed by atoms with Crippen LogP contribution in [0.1, 0.15) is 30.1 Å². The first-order chi connectivity index (χ1) is 8.56. The van der Waals surface area contributed by atoms with E-state index in [4.69, 9.17) is 11.6 Å². The van der Waals surface area contributed by atoms with E-state index in [2.05, 4.69) is 34.3 Å². The SMILES string of the molecule is CC(C)N1CCC(CNC(=O)c2nnc(Cl)s2)C1. The Morgan fingerprint density at radius 2 is 2.39 bits per heavy atom. The van der Waals surface area contributed by atoms with E-state index in [1.54, 1.807) is 0 Å². The first-order valence-electron chi connectivity index (χ1n) is 6.07. The summed E-state index contributed by atoms with van der Waals surface area (Å²) in [6.45, 7) is 7.26. The van der Waals surface area contributed by atoms with Gasteiger partial charge in [0.15, 0.2) is 0 Å². The number of rotatable bonds is 4. The smallest absolute Gasteiger partial charge is 0.282 e. The summed E-state index contributed by atoms with van der Waals surface area (Å²) in [5.41, 5.74) is 0. The van der Waals surface area contributed by atoms with Crippen LogP contribution in [0, 0.1) is 5.92 Å². The Morgan fingerprint density at radius 1 is 1.61 bits per heavy atom. The molecule has 2 heterocycles. The summed E-state index contributed by atoms with van der Waals surface area (Å²) in [5, 5.41) is 10.6. The van der Waals surface area contributed by atoms with E-state index in [0.29, 0.717) is 28.0 Å². The molecule has 1 aromatic heterocycles. The third-order valence-corrected chi connectivity index (χ3v) is 4.21. The van der Waals surface area contributed by atoms with Gasteiger partial charge < -0.3 is 10.2 Å². The van der Waals surface area contributed by atoms with Crippen LogP contribution >= 0.6 is 22.9 Å². The van der Waals surface area contributed by atoms with Crippen LogP contribution < -0.4 is 5.32 Å². The molecule has 0 bridgehead atoms. The molecule has 0 aliphatic carbocycles. The van der Waals surface area contributed by atoms with Crippen LogP contribution in [-0.4, -0.2) is 46.7 Å². The maximum absolute atomic E-state index is 11.8. The van der Waals surface area contributed by atoms with Crippen LogP contribution in [0.25, 0.3) is 0 Å². The number of hydrogen-bond donors (Lipinski definition) is 1. The zero-order valence-electron chi connectivity index (χ0n) is 10.5. The molecule has 2 rings (SSSR count). The number of carbonyl (C=O) groups excluding carboxylic acids is 1. The number of carbonyl (C=O) groups is 1. The van der Waals surface area contributed by atoms with Crippen molar-refractivity contribution in [2.24, 2.45) is 5.92 Å². The molecule has 1 amide bonds. The van der Waals surface area contributed by atoms with Crippen LogP contribution in [-0.2, 0) is 0 Å². The predicted octanol–water partition coefficient (Wildman–Crippen LogP) is 1.65. The summed E-state index contributed by atoms with van der Waals surface area (Å²) in [6.07, 6.45) is 1.13. The van der Waals surface area contributed by atoms with Crippen molar-refractivity contribution in [3.05, 3.63) is 9.47 Å². The van der Waals surface area contributed by atoms with E-state index in [1.165, 1.54) is 0 Å². The third kappa shape index (κ3) is 3.40. The zero-order valence-corrected chi connectivity index (χ0v) is 12.1. The molecule has 1 fully saturated rings. The van der Waals surface area contributed by atoms with Crippen LogP contribution in [0.4, 0.5) is 0 Å². The molecule has 0 aromatic carbocycles. The molecule has 1 N–H and O–H groups in total. The Balaban J connectivity index is 1.77. The molecule has 1 saturated heterocycles. The van der Waals surface area contributed by atoms with Crippen molar-refractivity contribution in [3.63, 3.8) is 0 Å². The maximum atomic E-state index is 11.8. The largest absolute Gasteiger partial charge is 0.350 e. The number of hydrogen-bond acceptors (Lipinski definition) is 5. The average molecular weight is 289 g/mol. The fourth-order valence-corrected chi connectivity index (χ4v) is 2.85. The molecular formula is C11H17ClN4OS. The minimum absolute atomic E-state index is 0.178. The molecule has 7 heteroatoms. The average Bonchev–Trinajstić information content (AvgIpc) is 2.94. The second-order valence-corrected chi connectivity index (χ2v) is 6.37. The number of amides is 1. The summed E-state index contributed by atoms with van der Waals surface area (Å²) >= 11 is 6.75. The predicted molar refractivity (Wildman–Crippen MR) is 72.1 cm³/mol. The molecule has 18 heavy (non-hydrogen) atoms. The Bertz CT molecular complexity index is 423. The van der Waals surface area contributed by atoms with Gasteiger partial charge in [-0.1, -0.05) is 11.3 Å². The molecule has 0 spiro atoms. The lowest BCUT2D eigenvalue weighted by atomic mass is 10.1. The van der Waals surface area contributed by atoms with Crippen molar-refractivity contribution < 1.29 is 4.79 Å². The second kappa shape index (κ2) is 5.95. The van der Waals surface area contributed by atoms with Crippen LogP contribution in [0.15, 0.2) is 0 Å². The van der Waals surface area contributed by atoms with E-state index < -0.39 is 0 Å². The summed E-state index contributed by atoms with van der Waals surface area (Å²) < 4.78 is 0.298. The normalized spacial score (nSPS) is 20.6. The lowest BCUT2D eigenvalue weighted by Gasteiger charge is -2.20. The second-order valence-electron chi connectivity index (χ2n) is 4.81. The first-order valence-corrected chi connectivity index (χ1v) is 7.27. The Hall–Kier alpha value is -0.720. The highest BCUT2D eigenvalue weighted by molar-refractivity contribution is 7.17. The van der Waals surface area contributed by atoms with Gasteiger partial charge in [-0.2, -0.15) is 0 Å². The highest BCUT2D eigenvalue weighted by atomic mass is 35.5. The standard InChI is InChI=1S/C11H17ClN4OS/c1-7(2)16-4-3-8(6-16)5-13-9(17)10-14-15-11(12)18-10/h7-8H,3-6H2,1-2H3,(H,13,17). The van der Waals surface area contributed by atoms with Gasteiger partial charge in [-0.3, -0.25) is 4.79 Å². The Labute approximate surface area is 116 Å². The topological polar surface area (TPSA) is 58.1 Å². The number of nitrogens with one attached hydrogen (secondary N) is 1. The number of halogens is 1. The molecule has 1 atom stereocenters. The molecule has 1 unspecified atom stereocenters. The molecule has 5 nitrogen and oxygen atoms in total. The van der Waals surface area contributed by atoms with Crippen molar-refractivity contribution in [2.45, 2.75) is 26.3 Å². The summed E-state index contributed by atoms with van der Waals surface area (Å²) in [4.78, 5) is 14.2. The fourth-order valence-electron chi connectivity index (χ4n) is 2.11. The van der Waals surface area contributed by atoms with Gasteiger partial charge in [-0.15, -0.1) is 10.2 Å². The van der Waals surface area contributed by atoms with Crippen molar-refractivity contribution in [3.8, 4) is 0 Å². The zero-order chi connectivity index (χ0) is 13.1. The van der Waals surface area contributed by atoms with Crippen molar-refractivity contribution in [2.75, 3.05) is 19.6 Å². The Morgan fingerprint density at radius 3 is 2.94 bits per heavy atom. The van der Waals surface area contributed by atoms with Crippen LogP contribution in [0.5, 0.6) is 0 Å². The monoisotopic (exact) mass is 288 g/mol. The molecular weight excluding hydrogens is 272 g/mol. The van der Waals surface area contributed by atoms with Gasteiger partial charge in [-0.05, 0) is 44.3 Å². The van der Waals surface area contributed by atoms with Gasteiger partial charge in [0.05, 0.1) is 0 Å². The van der Waals surface area contributed by atoms with E-state index in [9.17, 15) is 4.79 Å². The van der Waals surface area contributed by atoms with Crippen molar-refractivity contribution in [1.82, 2.24) is 20.4 Å². The van der Waals surface area contributed by atoms with Gasteiger partial charge in [-0.25, -0.2) is 0 Å². The Kier molecular flexibility index (Phi) is 4.53. The number of likely N-dealkylation sites (tertiary alicyclic amines) is 1. The minimum Gasteiger partial charge on any atom is -0.350 e. The van der Waals surface area contributed by atoms with Gasteiger partial charge in [0.1, 0.15) is 0 Å². The highest BCUT2D eigenvalue weighted by Gasteiger charge is 2.24. The number of nitrogens with zero attached hydrogens (tertiary/aromatic N) is 3. The summed E-state index contributed by atoms with van der Waals surface area (Å²) in [7, 11) is 0. The fraction of sp³-hybridized carbons (Fsp3) is 0.727. The maximum Gasteiger partial charge on any atom is 0.282 e. The van der Waals surface area contributed by atoms with Crippen LogP contribution in [0.2, 0.25) is 4.47 Å². The van der Waals surface area contributed by atoms with Crippen molar-refractivity contribution >= 4 is 28.8 Å². The first kappa shape index (κ1) is 13.7. The third-order valence-electron chi connectivity index (χ3n) is 3.19. The summed E-state index contributed by atoms with van der Waals surface area (Å²) in [5.74, 6) is 0.349. The quantitative estimate of drug-likeness (QED) is 0.915. The van der Waals surface area contributed by atoms with Gasteiger partial charge in [0.2, 0.25) is 9.47 Å². The lowest BCUT2D eigenvalue weighted by molar-refractivity contribution is 0.0946. The molecule has 0 radical (unpaired) electrons. The van der Waals surface area contributed by atoms with Crippen molar-refractivity contribution in [1.29, 1.82) is 0 Å². The molecule has 1 aliphatic rings. The molecule has 100 valence electrons. The van der Waals surface area contributed by atoms with Gasteiger partial charge in [0.25, 0.3) is 5.91 Å². The summed E-state index contributed by atoms with van der Waals surface area (Å²) in [6, 6.07) is 0.577. The van der Waals surface area contributed by atoms with Gasteiger partial charge in [0, 0.05) is 19.1 Å². The minimum atomic E-state index is -0.178. The van der Waals surface area contributed by atoms with E-state index in [-0.39, 0.29) is 5.91 Å².